The number of rotatable bonds is 5. The van der Waals surface area contributed by atoms with E-state index < -0.39 is 11.7 Å². The van der Waals surface area contributed by atoms with Crippen molar-refractivity contribution in [2.45, 2.75) is 63.7 Å². The maximum Gasteiger partial charge on any atom is 0.420 e. The van der Waals surface area contributed by atoms with Gasteiger partial charge in [0.25, 0.3) is 0 Å². The molecule has 4 rings (SSSR count). The Balaban J connectivity index is 1.46. The summed E-state index contributed by atoms with van der Waals surface area (Å²) in [6.07, 6.45) is 1.74. The molecular formula is C22H25F3N4. The molecule has 0 unspecified atom stereocenters. The van der Waals surface area contributed by atoms with Crippen LogP contribution in [0.25, 0.3) is 5.65 Å². The van der Waals surface area contributed by atoms with Crippen LogP contribution in [0, 0.1) is 0 Å². The second kappa shape index (κ2) is 8.14. The van der Waals surface area contributed by atoms with Crippen LogP contribution in [0.5, 0.6) is 0 Å². The van der Waals surface area contributed by atoms with E-state index in [0.29, 0.717) is 18.2 Å². The first-order chi connectivity index (χ1) is 14.0. The highest BCUT2D eigenvalue weighted by molar-refractivity contribution is 5.53. The summed E-state index contributed by atoms with van der Waals surface area (Å²) in [5, 5.41) is 11.1. The molecule has 0 radical (unpaired) electrons. The van der Waals surface area contributed by atoms with Gasteiger partial charge in [-0.05, 0) is 48.8 Å². The van der Waals surface area contributed by atoms with Gasteiger partial charge in [-0.3, -0.25) is 4.40 Å². The third-order valence-electron chi connectivity index (χ3n) is 5.91. The van der Waals surface area contributed by atoms with Crippen LogP contribution in [-0.2, 0) is 19.1 Å². The Labute approximate surface area is 168 Å². The molecule has 1 aliphatic carbocycles. The molecule has 2 aromatic heterocycles. The number of nitrogens with zero attached hydrogens (tertiary/aromatic N) is 3. The maximum absolute atomic E-state index is 13.8. The monoisotopic (exact) mass is 402 g/mol. The second-order valence-electron chi connectivity index (χ2n) is 7.72. The van der Waals surface area contributed by atoms with E-state index in [9.17, 15) is 13.2 Å². The molecule has 29 heavy (non-hydrogen) atoms. The molecule has 154 valence electrons. The van der Waals surface area contributed by atoms with Crippen molar-refractivity contribution in [1.29, 1.82) is 0 Å². The zero-order chi connectivity index (χ0) is 20.4. The SMILES string of the molecule is CCc1nnc2c(C(F)(F)F)c(CN[C@H]3CC[C@H](c4ccccc4)CC3)ccn12. The molecule has 1 N–H and O–H groups in total. The van der Waals surface area contributed by atoms with Crippen molar-refractivity contribution in [3.63, 3.8) is 0 Å². The molecule has 0 saturated heterocycles. The molecule has 1 fully saturated rings. The highest BCUT2D eigenvalue weighted by Gasteiger charge is 2.37. The van der Waals surface area contributed by atoms with Crippen molar-refractivity contribution in [2.75, 3.05) is 0 Å². The lowest BCUT2D eigenvalue weighted by molar-refractivity contribution is -0.137. The molecule has 4 nitrogen and oxygen atoms in total. The van der Waals surface area contributed by atoms with Gasteiger partial charge in [-0.1, -0.05) is 37.3 Å². The van der Waals surface area contributed by atoms with Crippen LogP contribution in [-0.4, -0.2) is 20.6 Å². The van der Waals surface area contributed by atoms with Crippen molar-refractivity contribution in [2.24, 2.45) is 0 Å². The number of hydrogen-bond acceptors (Lipinski definition) is 3. The third kappa shape index (κ3) is 4.15. The zero-order valence-corrected chi connectivity index (χ0v) is 16.4. The largest absolute Gasteiger partial charge is 0.420 e. The highest BCUT2D eigenvalue weighted by Crippen LogP contribution is 2.36. The van der Waals surface area contributed by atoms with Crippen molar-refractivity contribution in [1.82, 2.24) is 19.9 Å². The Morgan fingerprint density at radius 3 is 2.41 bits per heavy atom. The van der Waals surface area contributed by atoms with Crippen LogP contribution in [0.3, 0.4) is 0 Å². The van der Waals surface area contributed by atoms with E-state index in [1.165, 1.54) is 9.96 Å². The van der Waals surface area contributed by atoms with E-state index in [2.05, 4.69) is 39.8 Å². The van der Waals surface area contributed by atoms with E-state index in [0.717, 1.165) is 25.7 Å². The van der Waals surface area contributed by atoms with Crippen molar-refractivity contribution < 1.29 is 13.2 Å². The van der Waals surface area contributed by atoms with Crippen LogP contribution in [0.15, 0.2) is 42.6 Å². The van der Waals surface area contributed by atoms with Crippen molar-refractivity contribution in [3.05, 3.63) is 65.1 Å². The average molecular weight is 402 g/mol. The molecule has 0 bridgehead atoms. The minimum absolute atomic E-state index is 0.110. The molecule has 0 amide bonds. The van der Waals surface area contributed by atoms with E-state index in [1.54, 1.807) is 12.3 Å². The van der Waals surface area contributed by atoms with Gasteiger partial charge < -0.3 is 5.32 Å². The summed E-state index contributed by atoms with van der Waals surface area (Å²) in [5.74, 6) is 1.07. The van der Waals surface area contributed by atoms with Crippen LogP contribution >= 0.6 is 0 Å². The number of fused-ring (bicyclic) bond motifs is 1. The predicted octanol–water partition coefficient (Wildman–Crippen LogP) is 5.13. The molecule has 1 aromatic carbocycles. The van der Waals surface area contributed by atoms with E-state index in [-0.39, 0.29) is 23.8 Å². The third-order valence-corrected chi connectivity index (χ3v) is 5.91. The average Bonchev–Trinajstić information content (AvgIpc) is 3.15. The number of halogens is 3. The summed E-state index contributed by atoms with van der Waals surface area (Å²) >= 11 is 0. The smallest absolute Gasteiger partial charge is 0.310 e. The van der Waals surface area contributed by atoms with E-state index in [4.69, 9.17) is 0 Å². The van der Waals surface area contributed by atoms with E-state index >= 15 is 0 Å². The van der Waals surface area contributed by atoms with Gasteiger partial charge in [0.2, 0.25) is 0 Å². The molecule has 1 saturated carbocycles. The van der Waals surface area contributed by atoms with Crippen molar-refractivity contribution >= 4 is 5.65 Å². The highest BCUT2D eigenvalue weighted by atomic mass is 19.4. The summed E-state index contributed by atoms with van der Waals surface area (Å²) in [4.78, 5) is 0. The lowest BCUT2D eigenvalue weighted by Crippen LogP contribution is -2.33. The molecule has 3 aromatic rings. The number of aryl methyl sites for hydroxylation is 1. The molecule has 2 heterocycles. The maximum atomic E-state index is 13.8. The van der Waals surface area contributed by atoms with Gasteiger partial charge in [0.15, 0.2) is 5.65 Å². The lowest BCUT2D eigenvalue weighted by atomic mass is 9.82. The van der Waals surface area contributed by atoms with Gasteiger partial charge in [-0.2, -0.15) is 13.2 Å². The van der Waals surface area contributed by atoms with Gasteiger partial charge in [0.1, 0.15) is 11.4 Å². The van der Waals surface area contributed by atoms with Gasteiger partial charge >= 0.3 is 6.18 Å². The fraction of sp³-hybridized carbons (Fsp3) is 0.455. The lowest BCUT2D eigenvalue weighted by Gasteiger charge is -2.30. The Morgan fingerprint density at radius 2 is 1.76 bits per heavy atom. The first-order valence-electron chi connectivity index (χ1n) is 10.2. The fourth-order valence-electron chi connectivity index (χ4n) is 4.35. The normalized spacial score (nSPS) is 20.3. The number of alkyl halides is 3. The number of pyridine rings is 1. The van der Waals surface area contributed by atoms with E-state index in [1.807, 2.05) is 13.0 Å². The molecule has 1 aliphatic rings. The Kier molecular flexibility index (Phi) is 5.58. The quantitative estimate of drug-likeness (QED) is 0.644. The topological polar surface area (TPSA) is 42.2 Å². The number of nitrogens with one attached hydrogen (secondary N) is 1. The summed E-state index contributed by atoms with van der Waals surface area (Å²) in [7, 11) is 0. The minimum atomic E-state index is -4.47. The summed E-state index contributed by atoms with van der Waals surface area (Å²) in [5.41, 5.74) is 0.790. The zero-order valence-electron chi connectivity index (χ0n) is 16.4. The predicted molar refractivity (Wildman–Crippen MR) is 106 cm³/mol. The first-order valence-corrected chi connectivity index (χ1v) is 10.2. The number of benzene rings is 1. The fourth-order valence-corrected chi connectivity index (χ4v) is 4.35. The molecule has 0 atom stereocenters. The molecular weight excluding hydrogens is 377 g/mol. The summed E-state index contributed by atoms with van der Waals surface area (Å²) < 4.78 is 42.8. The molecule has 0 spiro atoms. The molecule has 7 heteroatoms. The van der Waals surface area contributed by atoms with Crippen molar-refractivity contribution in [3.8, 4) is 0 Å². The second-order valence-corrected chi connectivity index (χ2v) is 7.72. The Hall–Kier alpha value is -2.41. The Bertz CT molecular complexity index is 957. The van der Waals surface area contributed by atoms with Crippen LogP contribution in [0.4, 0.5) is 13.2 Å². The Morgan fingerprint density at radius 1 is 1.03 bits per heavy atom. The van der Waals surface area contributed by atoms with Gasteiger partial charge in [-0.15, -0.1) is 10.2 Å². The first kappa shape index (κ1) is 19.9. The number of aromatic nitrogens is 3. The van der Waals surface area contributed by atoms with Gasteiger partial charge in [-0.25, -0.2) is 0 Å². The standard InChI is InChI=1S/C22H25F3N4/c1-2-19-27-28-21-20(22(23,24)25)17(12-13-29(19)21)14-26-18-10-8-16(9-11-18)15-6-4-3-5-7-15/h3-7,12-13,16,18,26H,2,8-11,14H2,1H3/t16-,18-. The van der Waals surface area contributed by atoms with Crippen LogP contribution in [0.2, 0.25) is 0 Å². The van der Waals surface area contributed by atoms with Gasteiger partial charge in [0, 0.05) is 25.2 Å². The number of hydrogen-bond donors (Lipinski definition) is 1. The van der Waals surface area contributed by atoms with Crippen LogP contribution < -0.4 is 5.32 Å². The summed E-state index contributed by atoms with van der Waals surface area (Å²) in [6.45, 7) is 2.03. The summed E-state index contributed by atoms with van der Waals surface area (Å²) in [6, 6.07) is 12.2. The van der Waals surface area contributed by atoms with Crippen LogP contribution in [0.1, 0.15) is 61.0 Å². The molecule has 0 aliphatic heterocycles. The minimum Gasteiger partial charge on any atom is -0.310 e. The van der Waals surface area contributed by atoms with Gasteiger partial charge in [0.05, 0.1) is 0 Å².